The number of benzene rings is 1. The van der Waals surface area contributed by atoms with Gasteiger partial charge in [-0.15, -0.1) is 23.4 Å². The van der Waals surface area contributed by atoms with E-state index in [2.05, 4.69) is 31.1 Å². The van der Waals surface area contributed by atoms with Crippen LogP contribution in [0.1, 0.15) is 27.7 Å². The van der Waals surface area contributed by atoms with Crippen molar-refractivity contribution in [3.05, 3.63) is 41.0 Å². The zero-order valence-corrected chi connectivity index (χ0v) is 20.4. The first-order valence-corrected chi connectivity index (χ1v) is 11.6. The van der Waals surface area contributed by atoms with Gasteiger partial charge >= 0.3 is 6.30 Å². The van der Waals surface area contributed by atoms with Crippen molar-refractivity contribution in [2.75, 3.05) is 22.3 Å². The summed E-state index contributed by atoms with van der Waals surface area (Å²) in [5, 5.41) is 7.72. The normalized spacial score (nSPS) is 13.2. The highest BCUT2D eigenvalue weighted by Gasteiger charge is 2.40. The second kappa shape index (κ2) is 11.2. The molecule has 1 heterocycles. The standard InChI is InChI=1S/C20H25BrF3N5O2S/c1-13(2)11-28(12-14(3)4)16-6-7-17(26-27-19-8-5-15(21)10-25-19)18(9-16)29(32(30)31)20(22,23)24/h5-10,13-14H,11-12H2,1-4H3,(H,30,31)/p-1. The Balaban J connectivity index is 2.59. The molecule has 0 aliphatic carbocycles. The van der Waals surface area contributed by atoms with Gasteiger partial charge in [0.1, 0.15) is 5.69 Å². The molecule has 32 heavy (non-hydrogen) atoms. The summed E-state index contributed by atoms with van der Waals surface area (Å²) in [5.74, 6) is 0.645. The molecule has 1 atom stereocenters. The van der Waals surface area contributed by atoms with Gasteiger partial charge in [0, 0.05) is 29.4 Å². The number of nitrogens with zero attached hydrogens (tertiary/aromatic N) is 5. The van der Waals surface area contributed by atoms with Gasteiger partial charge < -0.3 is 9.45 Å². The van der Waals surface area contributed by atoms with E-state index in [1.807, 2.05) is 32.6 Å². The molecule has 0 N–H and O–H groups in total. The van der Waals surface area contributed by atoms with Crippen molar-refractivity contribution < 1.29 is 21.9 Å². The molecule has 0 spiro atoms. The lowest BCUT2D eigenvalue weighted by Crippen LogP contribution is -2.39. The quantitative estimate of drug-likeness (QED) is 0.209. The molecule has 0 saturated heterocycles. The van der Waals surface area contributed by atoms with Crippen molar-refractivity contribution in [2.24, 2.45) is 22.1 Å². The first-order chi connectivity index (χ1) is 14.9. The predicted molar refractivity (Wildman–Crippen MR) is 122 cm³/mol. The maximum Gasteiger partial charge on any atom is 0.495 e. The summed E-state index contributed by atoms with van der Waals surface area (Å²) >= 11 is -0.386. The van der Waals surface area contributed by atoms with Gasteiger partial charge in [0.25, 0.3) is 0 Å². The summed E-state index contributed by atoms with van der Waals surface area (Å²) in [4.78, 5) is 5.92. The number of aromatic nitrogens is 1. The highest BCUT2D eigenvalue weighted by Crippen LogP contribution is 2.40. The second-order valence-corrected chi connectivity index (χ2v) is 9.59. The first-order valence-electron chi connectivity index (χ1n) is 9.77. The van der Waals surface area contributed by atoms with Gasteiger partial charge in [0.2, 0.25) is 0 Å². The molecule has 7 nitrogen and oxygen atoms in total. The molecular weight excluding hydrogens is 511 g/mol. The summed E-state index contributed by atoms with van der Waals surface area (Å²) in [5.41, 5.74) is -0.432. The second-order valence-electron chi connectivity index (χ2n) is 7.88. The number of halogens is 4. The Kier molecular flexibility index (Phi) is 9.17. The molecule has 1 aromatic heterocycles. The third kappa shape index (κ3) is 7.52. The lowest BCUT2D eigenvalue weighted by molar-refractivity contribution is -0.115. The van der Waals surface area contributed by atoms with Crippen LogP contribution >= 0.6 is 15.9 Å². The number of hydrogen-bond donors (Lipinski definition) is 0. The van der Waals surface area contributed by atoms with Crippen molar-refractivity contribution in [1.82, 2.24) is 4.98 Å². The number of pyridine rings is 1. The molecule has 0 aliphatic heterocycles. The highest BCUT2D eigenvalue weighted by molar-refractivity contribution is 9.10. The van der Waals surface area contributed by atoms with Gasteiger partial charge in [-0.25, -0.2) is 9.29 Å². The van der Waals surface area contributed by atoms with E-state index in [-0.39, 0.29) is 23.3 Å². The van der Waals surface area contributed by atoms with E-state index >= 15 is 0 Å². The molecule has 12 heteroatoms. The fraction of sp³-hybridized carbons (Fsp3) is 0.450. The summed E-state index contributed by atoms with van der Waals surface area (Å²) in [7, 11) is 0. The molecule has 2 rings (SSSR count). The molecular formula is C20H24BrF3N5O2S-. The molecule has 176 valence electrons. The molecule has 0 amide bonds. The maximum absolute atomic E-state index is 13.6. The van der Waals surface area contributed by atoms with Gasteiger partial charge in [0.15, 0.2) is 5.82 Å². The van der Waals surface area contributed by atoms with Crippen LogP contribution in [0.3, 0.4) is 0 Å². The zero-order chi connectivity index (χ0) is 24.1. The van der Waals surface area contributed by atoms with E-state index in [9.17, 15) is 21.9 Å². The molecule has 1 unspecified atom stereocenters. The summed E-state index contributed by atoms with van der Waals surface area (Å²) in [6.45, 7) is 9.17. The lowest BCUT2D eigenvalue weighted by atomic mass is 10.1. The Morgan fingerprint density at radius 3 is 2.19 bits per heavy atom. The number of azo groups is 1. The average Bonchev–Trinajstić information content (AvgIpc) is 2.65. The third-order valence-electron chi connectivity index (χ3n) is 4.07. The SMILES string of the molecule is CC(C)CN(CC(C)C)c1ccc(N=Nc2ccc(Br)cn2)c(N(S(=O)[O-])C(F)(F)F)c1. The van der Waals surface area contributed by atoms with Gasteiger partial charge in [-0.3, -0.25) is 4.21 Å². The molecule has 0 bridgehead atoms. The van der Waals surface area contributed by atoms with E-state index < -0.39 is 27.6 Å². The molecule has 0 aliphatic rings. The molecule has 0 fully saturated rings. The van der Waals surface area contributed by atoms with Crippen LogP contribution in [-0.2, 0) is 11.3 Å². The topological polar surface area (TPSA) is 84.2 Å². The Morgan fingerprint density at radius 1 is 1.09 bits per heavy atom. The zero-order valence-electron chi connectivity index (χ0n) is 18.0. The lowest BCUT2D eigenvalue weighted by Gasteiger charge is -2.32. The van der Waals surface area contributed by atoms with Gasteiger partial charge in [-0.05, 0) is 58.1 Å². The Hall–Kier alpha value is -2.05. The van der Waals surface area contributed by atoms with Crippen molar-refractivity contribution in [1.29, 1.82) is 0 Å². The smallest absolute Gasteiger partial charge is 0.495 e. The average molecular weight is 535 g/mol. The monoisotopic (exact) mass is 534 g/mol. The fourth-order valence-corrected chi connectivity index (χ4v) is 3.67. The largest absolute Gasteiger partial charge is 0.755 e. The summed E-state index contributed by atoms with van der Waals surface area (Å²) in [6.07, 6.45) is -3.71. The molecule has 0 saturated carbocycles. The Bertz CT molecular complexity index is 945. The van der Waals surface area contributed by atoms with Crippen LogP contribution in [0, 0.1) is 11.8 Å². The van der Waals surface area contributed by atoms with E-state index in [1.165, 1.54) is 24.4 Å². The van der Waals surface area contributed by atoms with E-state index in [0.717, 1.165) is 0 Å². The van der Waals surface area contributed by atoms with Gasteiger partial charge in [-0.2, -0.15) is 0 Å². The third-order valence-corrected chi connectivity index (χ3v) is 5.24. The van der Waals surface area contributed by atoms with Gasteiger partial charge in [-0.1, -0.05) is 27.7 Å². The van der Waals surface area contributed by atoms with Crippen LogP contribution in [0.2, 0.25) is 0 Å². The van der Waals surface area contributed by atoms with Crippen LogP contribution in [0.15, 0.2) is 51.2 Å². The molecule has 0 radical (unpaired) electrons. The predicted octanol–water partition coefficient (Wildman–Crippen LogP) is 6.50. The minimum Gasteiger partial charge on any atom is -0.755 e. The minimum absolute atomic E-state index is 0.159. The van der Waals surface area contributed by atoms with Crippen molar-refractivity contribution in [3.8, 4) is 0 Å². The molecule has 1 aromatic carbocycles. The van der Waals surface area contributed by atoms with Crippen molar-refractivity contribution >= 4 is 50.1 Å². The first kappa shape index (κ1) is 26.2. The van der Waals surface area contributed by atoms with Crippen LogP contribution in [0.5, 0.6) is 0 Å². The number of rotatable bonds is 9. The van der Waals surface area contributed by atoms with E-state index in [0.29, 0.717) is 23.2 Å². The van der Waals surface area contributed by atoms with Gasteiger partial charge in [0.05, 0.1) is 17.0 Å². The minimum atomic E-state index is -5.17. The van der Waals surface area contributed by atoms with Crippen LogP contribution in [0.25, 0.3) is 0 Å². The van der Waals surface area contributed by atoms with Crippen molar-refractivity contribution in [3.63, 3.8) is 0 Å². The van der Waals surface area contributed by atoms with E-state index in [4.69, 9.17) is 0 Å². The van der Waals surface area contributed by atoms with Crippen molar-refractivity contribution in [2.45, 2.75) is 34.0 Å². The highest BCUT2D eigenvalue weighted by atomic mass is 79.9. The maximum atomic E-state index is 13.6. The number of alkyl halides is 3. The fourth-order valence-electron chi connectivity index (χ4n) is 2.96. The van der Waals surface area contributed by atoms with Crippen LogP contribution in [0.4, 0.5) is 36.1 Å². The van der Waals surface area contributed by atoms with E-state index in [1.54, 1.807) is 12.1 Å². The summed E-state index contributed by atoms with van der Waals surface area (Å²) < 4.78 is 64.0. The summed E-state index contributed by atoms with van der Waals surface area (Å²) in [6, 6.07) is 7.28. The van der Waals surface area contributed by atoms with Crippen LogP contribution in [-0.4, -0.2) is 33.1 Å². The Morgan fingerprint density at radius 2 is 1.72 bits per heavy atom. The van der Waals surface area contributed by atoms with Crippen LogP contribution < -0.4 is 9.21 Å². The number of anilines is 2. The Labute approximate surface area is 196 Å². The molecule has 2 aromatic rings. The number of hydrogen-bond acceptors (Lipinski definition) is 6.